The maximum atomic E-state index is 13.1. The second-order valence-electron chi connectivity index (χ2n) is 8.32. The lowest BCUT2D eigenvalue weighted by molar-refractivity contribution is 0.0971. The van der Waals surface area contributed by atoms with Crippen molar-refractivity contribution in [2.75, 3.05) is 37.7 Å². The molecule has 1 fully saturated rings. The van der Waals surface area contributed by atoms with Gasteiger partial charge in [0.2, 0.25) is 5.96 Å². The highest BCUT2D eigenvalue weighted by Crippen LogP contribution is 2.22. The van der Waals surface area contributed by atoms with Crippen molar-refractivity contribution >= 4 is 34.8 Å². The highest BCUT2D eigenvalue weighted by Gasteiger charge is 2.22. The fourth-order valence-electron chi connectivity index (χ4n) is 4.04. The van der Waals surface area contributed by atoms with Crippen molar-refractivity contribution in [1.29, 1.82) is 0 Å². The zero-order valence-electron chi connectivity index (χ0n) is 20.2. The molecule has 6 nitrogen and oxygen atoms in total. The van der Waals surface area contributed by atoms with E-state index >= 15 is 0 Å². The molecule has 0 aromatic heterocycles. The SMILES string of the molecule is CCOc1ccc(C(=O)NC(=Nc2cccc(CC)c2)N2CCN(c3cccc(Cl)c3)CC2)cc1. The number of nitrogens with zero attached hydrogens (tertiary/aromatic N) is 3. The van der Waals surface area contributed by atoms with Gasteiger partial charge in [0.15, 0.2) is 0 Å². The number of guanidine groups is 1. The first kappa shape index (κ1) is 24.6. The number of amides is 1. The van der Waals surface area contributed by atoms with Gasteiger partial charge in [-0.2, -0.15) is 0 Å². The summed E-state index contributed by atoms with van der Waals surface area (Å²) in [5, 5.41) is 3.79. The predicted molar refractivity (Wildman–Crippen MR) is 143 cm³/mol. The molecule has 0 unspecified atom stereocenters. The Hall–Kier alpha value is -3.51. The van der Waals surface area contributed by atoms with Crippen LogP contribution in [0.4, 0.5) is 11.4 Å². The summed E-state index contributed by atoms with van der Waals surface area (Å²) in [4.78, 5) is 22.4. The molecule has 35 heavy (non-hydrogen) atoms. The molecule has 0 saturated carbocycles. The molecular formula is C28H31ClN4O2. The van der Waals surface area contributed by atoms with E-state index in [1.807, 2.05) is 49.4 Å². The number of ether oxygens (including phenoxy) is 1. The topological polar surface area (TPSA) is 57.2 Å². The molecule has 1 aliphatic rings. The van der Waals surface area contributed by atoms with E-state index in [1.54, 1.807) is 12.1 Å². The summed E-state index contributed by atoms with van der Waals surface area (Å²) < 4.78 is 5.49. The standard InChI is InChI=1S/C28H31ClN4O2/c1-3-21-7-5-9-24(19-21)30-28(31-27(34)22-11-13-26(14-12-22)35-4-2)33-17-15-32(16-18-33)25-10-6-8-23(29)20-25/h5-14,19-20H,3-4,15-18H2,1-2H3,(H,30,31,34). The number of hydrogen-bond acceptors (Lipinski definition) is 4. The number of anilines is 1. The molecule has 0 aliphatic carbocycles. The zero-order valence-corrected chi connectivity index (χ0v) is 21.0. The molecule has 0 spiro atoms. The Morgan fingerprint density at radius 2 is 1.71 bits per heavy atom. The number of benzene rings is 3. The summed E-state index contributed by atoms with van der Waals surface area (Å²) in [6, 6.07) is 23.2. The van der Waals surface area contributed by atoms with Crippen molar-refractivity contribution in [1.82, 2.24) is 10.2 Å². The van der Waals surface area contributed by atoms with E-state index in [9.17, 15) is 4.79 Å². The number of halogens is 1. The quantitative estimate of drug-likeness (QED) is 0.364. The van der Waals surface area contributed by atoms with E-state index in [1.165, 1.54) is 5.56 Å². The van der Waals surface area contributed by atoms with Gasteiger partial charge in [0.25, 0.3) is 5.91 Å². The third kappa shape index (κ3) is 6.55. The monoisotopic (exact) mass is 490 g/mol. The van der Waals surface area contributed by atoms with Crippen LogP contribution in [0.2, 0.25) is 5.02 Å². The minimum Gasteiger partial charge on any atom is -0.494 e. The van der Waals surface area contributed by atoms with Gasteiger partial charge in [0.05, 0.1) is 12.3 Å². The summed E-state index contributed by atoms with van der Waals surface area (Å²) in [7, 11) is 0. The lowest BCUT2D eigenvalue weighted by atomic mass is 10.1. The van der Waals surface area contributed by atoms with Gasteiger partial charge >= 0.3 is 0 Å². The molecule has 3 aromatic rings. The van der Waals surface area contributed by atoms with Gasteiger partial charge in [0, 0.05) is 42.5 Å². The average molecular weight is 491 g/mol. The smallest absolute Gasteiger partial charge is 0.257 e. The van der Waals surface area contributed by atoms with Crippen LogP contribution in [0.1, 0.15) is 29.8 Å². The third-order valence-corrected chi connectivity index (χ3v) is 6.19. The Morgan fingerprint density at radius 1 is 0.971 bits per heavy atom. The molecular weight excluding hydrogens is 460 g/mol. The fraction of sp³-hybridized carbons (Fsp3) is 0.286. The minimum absolute atomic E-state index is 0.198. The van der Waals surface area contributed by atoms with Crippen molar-refractivity contribution in [3.05, 3.63) is 88.9 Å². The number of nitrogens with one attached hydrogen (secondary N) is 1. The molecule has 1 saturated heterocycles. The molecule has 182 valence electrons. The van der Waals surface area contributed by atoms with Crippen molar-refractivity contribution in [2.24, 2.45) is 4.99 Å². The average Bonchev–Trinajstić information content (AvgIpc) is 2.89. The summed E-state index contributed by atoms with van der Waals surface area (Å²) in [5.41, 5.74) is 3.68. The van der Waals surface area contributed by atoms with Crippen LogP contribution in [0, 0.1) is 0 Å². The molecule has 1 heterocycles. The van der Waals surface area contributed by atoms with Gasteiger partial charge in [-0.25, -0.2) is 4.99 Å². The fourth-order valence-corrected chi connectivity index (χ4v) is 4.22. The molecule has 3 aromatic carbocycles. The van der Waals surface area contributed by atoms with E-state index in [0.29, 0.717) is 18.1 Å². The van der Waals surface area contributed by atoms with Crippen LogP contribution >= 0.6 is 11.6 Å². The Bertz CT molecular complexity index is 1170. The molecule has 0 radical (unpaired) electrons. The van der Waals surface area contributed by atoms with Crippen LogP contribution in [0.15, 0.2) is 77.8 Å². The highest BCUT2D eigenvalue weighted by molar-refractivity contribution is 6.30. The largest absolute Gasteiger partial charge is 0.494 e. The van der Waals surface area contributed by atoms with Gasteiger partial charge in [0.1, 0.15) is 5.75 Å². The second-order valence-corrected chi connectivity index (χ2v) is 8.76. The number of carbonyl (C=O) groups excluding carboxylic acids is 1. The lowest BCUT2D eigenvalue weighted by Crippen LogP contribution is -2.53. The summed E-state index contributed by atoms with van der Waals surface area (Å²) in [6.45, 7) is 7.68. The van der Waals surface area contributed by atoms with Gasteiger partial charge < -0.3 is 14.5 Å². The zero-order chi connectivity index (χ0) is 24.6. The normalized spacial score (nSPS) is 14.1. The Morgan fingerprint density at radius 3 is 2.40 bits per heavy atom. The first-order valence-corrected chi connectivity index (χ1v) is 12.4. The summed E-state index contributed by atoms with van der Waals surface area (Å²) in [6.07, 6.45) is 0.926. The van der Waals surface area contributed by atoms with Crippen LogP contribution in [-0.4, -0.2) is 49.6 Å². The Labute approximate surface area is 212 Å². The highest BCUT2D eigenvalue weighted by atomic mass is 35.5. The van der Waals surface area contributed by atoms with Crippen LogP contribution in [0.25, 0.3) is 0 Å². The maximum Gasteiger partial charge on any atom is 0.257 e. The van der Waals surface area contributed by atoms with E-state index in [0.717, 1.165) is 54.7 Å². The molecule has 0 bridgehead atoms. The molecule has 1 aliphatic heterocycles. The molecule has 4 rings (SSSR count). The maximum absolute atomic E-state index is 13.1. The number of aliphatic imine (C=N–C) groups is 1. The second kappa shape index (κ2) is 11.8. The van der Waals surface area contributed by atoms with Crippen molar-refractivity contribution in [3.8, 4) is 5.75 Å². The minimum atomic E-state index is -0.198. The number of carbonyl (C=O) groups is 1. The third-order valence-electron chi connectivity index (χ3n) is 5.96. The summed E-state index contributed by atoms with van der Waals surface area (Å²) >= 11 is 6.19. The number of aryl methyl sites for hydroxylation is 1. The molecule has 1 amide bonds. The van der Waals surface area contributed by atoms with Crippen LogP contribution in [0.5, 0.6) is 5.75 Å². The predicted octanol–water partition coefficient (Wildman–Crippen LogP) is 5.54. The molecule has 7 heteroatoms. The van der Waals surface area contributed by atoms with Gasteiger partial charge in [-0.1, -0.05) is 36.7 Å². The van der Waals surface area contributed by atoms with E-state index < -0.39 is 0 Å². The van der Waals surface area contributed by atoms with Crippen LogP contribution in [-0.2, 0) is 6.42 Å². The Kier molecular flexibility index (Phi) is 8.27. The van der Waals surface area contributed by atoms with Crippen molar-refractivity contribution < 1.29 is 9.53 Å². The lowest BCUT2D eigenvalue weighted by Gasteiger charge is -2.37. The number of piperazine rings is 1. The van der Waals surface area contributed by atoms with Crippen molar-refractivity contribution in [2.45, 2.75) is 20.3 Å². The van der Waals surface area contributed by atoms with Gasteiger partial charge in [-0.3, -0.25) is 10.1 Å². The van der Waals surface area contributed by atoms with Gasteiger partial charge in [-0.05, 0) is 73.5 Å². The van der Waals surface area contributed by atoms with Gasteiger partial charge in [-0.15, -0.1) is 0 Å². The van der Waals surface area contributed by atoms with E-state index in [-0.39, 0.29) is 5.91 Å². The number of rotatable bonds is 6. The Balaban J connectivity index is 1.53. The molecule has 1 N–H and O–H groups in total. The first-order valence-electron chi connectivity index (χ1n) is 12.0. The van der Waals surface area contributed by atoms with E-state index in [2.05, 4.69) is 40.2 Å². The van der Waals surface area contributed by atoms with Crippen LogP contribution in [0.3, 0.4) is 0 Å². The first-order chi connectivity index (χ1) is 17.1. The summed E-state index contributed by atoms with van der Waals surface area (Å²) in [5.74, 6) is 1.10. The van der Waals surface area contributed by atoms with Crippen LogP contribution < -0.4 is 15.0 Å². The van der Waals surface area contributed by atoms with Crippen molar-refractivity contribution in [3.63, 3.8) is 0 Å². The van der Waals surface area contributed by atoms with E-state index in [4.69, 9.17) is 21.3 Å². The number of hydrogen-bond donors (Lipinski definition) is 1. The molecule has 0 atom stereocenters.